The second-order valence-corrected chi connectivity index (χ2v) is 7.20. The first-order valence-corrected chi connectivity index (χ1v) is 9.34. The third-order valence-electron chi connectivity index (χ3n) is 4.58. The molecule has 0 bridgehead atoms. The molecule has 6 heteroatoms. The Morgan fingerprint density at radius 1 is 1.28 bits per heavy atom. The summed E-state index contributed by atoms with van der Waals surface area (Å²) >= 11 is 1.11. The normalized spacial score (nSPS) is 14.2. The lowest BCUT2D eigenvalue weighted by atomic mass is 10.0. The van der Waals surface area contributed by atoms with Crippen molar-refractivity contribution in [3.05, 3.63) is 55.6 Å². The summed E-state index contributed by atoms with van der Waals surface area (Å²) in [6, 6.07) is 5.73. The largest absolute Gasteiger partial charge is 0.454 e. The van der Waals surface area contributed by atoms with Gasteiger partial charge in [0.05, 0.1) is 6.42 Å². The van der Waals surface area contributed by atoms with Gasteiger partial charge in [-0.3, -0.25) is 14.4 Å². The third kappa shape index (κ3) is 3.90. The molecule has 5 nitrogen and oxygen atoms in total. The predicted octanol–water partition coefficient (Wildman–Crippen LogP) is 2.91. The number of ether oxygens (including phenoxy) is 1. The third-order valence-corrected chi connectivity index (χ3v) is 5.46. The Bertz CT molecular complexity index is 865. The molecule has 1 aliphatic rings. The van der Waals surface area contributed by atoms with Crippen LogP contribution in [0.4, 0.5) is 0 Å². The lowest BCUT2D eigenvalue weighted by molar-refractivity contribution is -0.146. The zero-order valence-corrected chi connectivity index (χ0v) is 15.2. The molecule has 0 amide bonds. The highest BCUT2D eigenvalue weighted by molar-refractivity contribution is 7.07. The minimum absolute atomic E-state index is 0.0687. The summed E-state index contributed by atoms with van der Waals surface area (Å²) in [4.78, 5) is 36.0. The second-order valence-electron chi connectivity index (χ2n) is 6.38. The van der Waals surface area contributed by atoms with Crippen LogP contribution in [0.1, 0.15) is 46.9 Å². The highest BCUT2D eigenvalue weighted by Gasteiger charge is 2.21. The first-order valence-electron chi connectivity index (χ1n) is 8.46. The number of benzene rings is 1. The molecule has 0 saturated carbocycles. The molecule has 0 saturated heterocycles. The van der Waals surface area contributed by atoms with Crippen LogP contribution in [0.2, 0.25) is 0 Å². The number of carbonyl (C=O) groups is 2. The number of carbonyl (C=O) groups excluding carboxylic acids is 2. The molecule has 0 N–H and O–H groups in total. The Kier molecular flexibility index (Phi) is 5.18. The van der Waals surface area contributed by atoms with E-state index in [1.165, 1.54) is 11.1 Å². The van der Waals surface area contributed by atoms with E-state index in [4.69, 9.17) is 4.74 Å². The van der Waals surface area contributed by atoms with Crippen molar-refractivity contribution in [2.45, 2.75) is 52.2 Å². The van der Waals surface area contributed by atoms with Crippen molar-refractivity contribution in [3.63, 3.8) is 0 Å². The van der Waals surface area contributed by atoms with Gasteiger partial charge >= 0.3 is 10.8 Å². The zero-order valence-electron chi connectivity index (χ0n) is 14.4. The quantitative estimate of drug-likeness (QED) is 0.588. The Labute approximate surface area is 150 Å². The molecule has 0 radical (unpaired) electrons. The fraction of sp³-hybridized carbons (Fsp3) is 0.421. The van der Waals surface area contributed by atoms with Gasteiger partial charge in [-0.15, -0.1) is 0 Å². The summed E-state index contributed by atoms with van der Waals surface area (Å²) in [7, 11) is 0. The monoisotopic (exact) mass is 359 g/mol. The average molecular weight is 359 g/mol. The van der Waals surface area contributed by atoms with Crippen molar-refractivity contribution >= 4 is 23.1 Å². The Hall–Kier alpha value is -2.21. The number of aryl methyl sites for hydroxylation is 3. The summed E-state index contributed by atoms with van der Waals surface area (Å²) < 4.78 is 6.80. The van der Waals surface area contributed by atoms with Gasteiger partial charge in [-0.2, -0.15) is 0 Å². The van der Waals surface area contributed by atoms with Crippen molar-refractivity contribution in [2.24, 2.45) is 0 Å². The van der Waals surface area contributed by atoms with Crippen LogP contribution in [0.15, 0.2) is 28.4 Å². The fourth-order valence-corrected chi connectivity index (χ4v) is 3.91. The summed E-state index contributed by atoms with van der Waals surface area (Å²) in [5, 5.41) is 1.76. The second kappa shape index (κ2) is 7.35. The van der Waals surface area contributed by atoms with Crippen molar-refractivity contribution < 1.29 is 14.3 Å². The van der Waals surface area contributed by atoms with Crippen LogP contribution in [0.5, 0.6) is 0 Å². The van der Waals surface area contributed by atoms with Gasteiger partial charge in [-0.05, 0) is 50.3 Å². The van der Waals surface area contributed by atoms with Crippen LogP contribution in [-0.2, 0) is 28.9 Å². The van der Waals surface area contributed by atoms with E-state index in [2.05, 4.69) is 0 Å². The van der Waals surface area contributed by atoms with Crippen molar-refractivity contribution in [3.8, 4) is 0 Å². The number of nitrogens with zero attached hydrogens (tertiary/aromatic N) is 1. The van der Waals surface area contributed by atoms with Gasteiger partial charge in [0, 0.05) is 23.2 Å². The smallest absolute Gasteiger partial charge is 0.308 e. The van der Waals surface area contributed by atoms with E-state index < -0.39 is 12.1 Å². The standard InChI is InChI=1S/C19H21NO4S/c1-12-11-25-19(23)20(12)9-8-17(21)24-13(2)18(22)16-7-6-14-4-3-5-15(14)10-16/h6-7,10-11,13H,3-5,8-9H2,1-2H3/t13-/m1/s1. The molecule has 132 valence electrons. The van der Waals surface area contributed by atoms with Gasteiger partial charge in [-0.25, -0.2) is 0 Å². The van der Waals surface area contributed by atoms with Crippen LogP contribution >= 0.6 is 11.3 Å². The zero-order chi connectivity index (χ0) is 18.0. The lowest BCUT2D eigenvalue weighted by Crippen LogP contribution is -2.26. The van der Waals surface area contributed by atoms with Gasteiger partial charge in [0.15, 0.2) is 6.10 Å². The van der Waals surface area contributed by atoms with E-state index in [1.807, 2.05) is 25.1 Å². The molecule has 0 spiro atoms. The molecule has 2 aromatic rings. The number of hydrogen-bond donors (Lipinski definition) is 0. The SMILES string of the molecule is Cc1csc(=O)n1CCC(=O)O[C@H](C)C(=O)c1ccc2c(c1)CCC2. The maximum Gasteiger partial charge on any atom is 0.308 e. The molecule has 0 unspecified atom stereocenters. The number of Topliss-reactive ketones (excluding diaryl/α,β-unsaturated/α-hetero) is 1. The van der Waals surface area contributed by atoms with Crippen molar-refractivity contribution in [1.82, 2.24) is 4.57 Å². The summed E-state index contributed by atoms with van der Waals surface area (Å²) in [5.74, 6) is -0.661. The number of fused-ring (bicyclic) bond motifs is 1. The van der Waals surface area contributed by atoms with Gasteiger partial charge in [0.25, 0.3) is 0 Å². The van der Waals surface area contributed by atoms with E-state index in [0.29, 0.717) is 5.56 Å². The van der Waals surface area contributed by atoms with Gasteiger partial charge in [0.2, 0.25) is 5.78 Å². The van der Waals surface area contributed by atoms with E-state index in [0.717, 1.165) is 36.3 Å². The van der Waals surface area contributed by atoms with Crippen LogP contribution in [-0.4, -0.2) is 22.4 Å². The average Bonchev–Trinajstić information content (AvgIpc) is 3.18. The van der Waals surface area contributed by atoms with Crippen LogP contribution in [0.3, 0.4) is 0 Å². The maximum atomic E-state index is 12.5. The fourth-order valence-electron chi connectivity index (χ4n) is 3.15. The number of aromatic nitrogens is 1. The molecular formula is C19H21NO4S. The summed E-state index contributed by atoms with van der Waals surface area (Å²) in [5.41, 5.74) is 3.94. The number of thiazole rings is 1. The van der Waals surface area contributed by atoms with Gasteiger partial charge < -0.3 is 9.30 Å². The highest BCUT2D eigenvalue weighted by atomic mass is 32.1. The van der Waals surface area contributed by atoms with Crippen LogP contribution < -0.4 is 4.87 Å². The van der Waals surface area contributed by atoms with Gasteiger partial charge in [-0.1, -0.05) is 23.5 Å². The molecule has 1 atom stereocenters. The first-order chi connectivity index (χ1) is 12.0. The Morgan fingerprint density at radius 2 is 2.04 bits per heavy atom. The summed E-state index contributed by atoms with van der Waals surface area (Å²) in [6.07, 6.45) is 2.43. The first kappa shape index (κ1) is 17.6. The minimum Gasteiger partial charge on any atom is -0.454 e. The molecule has 1 heterocycles. The maximum absolute atomic E-state index is 12.5. The van der Waals surface area contributed by atoms with Crippen LogP contribution in [0, 0.1) is 6.92 Å². The van der Waals surface area contributed by atoms with Gasteiger partial charge in [0.1, 0.15) is 0 Å². The topological polar surface area (TPSA) is 65.4 Å². The number of rotatable bonds is 6. The minimum atomic E-state index is -0.827. The highest BCUT2D eigenvalue weighted by Crippen LogP contribution is 2.23. The predicted molar refractivity (Wildman–Crippen MR) is 96.3 cm³/mol. The van der Waals surface area contributed by atoms with Crippen molar-refractivity contribution in [2.75, 3.05) is 0 Å². The number of hydrogen-bond acceptors (Lipinski definition) is 5. The molecule has 1 aromatic heterocycles. The molecule has 25 heavy (non-hydrogen) atoms. The van der Waals surface area contributed by atoms with Crippen molar-refractivity contribution in [1.29, 1.82) is 0 Å². The molecule has 0 fully saturated rings. The molecular weight excluding hydrogens is 338 g/mol. The molecule has 1 aromatic carbocycles. The lowest BCUT2D eigenvalue weighted by Gasteiger charge is -2.13. The van der Waals surface area contributed by atoms with E-state index in [-0.39, 0.29) is 23.6 Å². The Morgan fingerprint density at radius 3 is 2.76 bits per heavy atom. The molecule has 0 aliphatic heterocycles. The molecule has 3 rings (SSSR count). The summed E-state index contributed by atoms with van der Waals surface area (Å²) in [6.45, 7) is 3.69. The Balaban J connectivity index is 1.57. The molecule has 1 aliphatic carbocycles. The number of ketones is 1. The van der Waals surface area contributed by atoms with E-state index in [1.54, 1.807) is 16.9 Å². The van der Waals surface area contributed by atoms with Crippen LogP contribution in [0.25, 0.3) is 0 Å². The van der Waals surface area contributed by atoms with E-state index in [9.17, 15) is 14.4 Å². The number of esters is 1. The van der Waals surface area contributed by atoms with E-state index >= 15 is 0 Å².